The molecule has 0 heterocycles. The number of ether oxygens (including phenoxy) is 1. The highest BCUT2D eigenvalue weighted by atomic mass is 33.1. The predicted octanol–water partition coefficient (Wildman–Crippen LogP) is 3.77. The van der Waals surface area contributed by atoms with Crippen LogP contribution >= 0.6 is 33.3 Å². The van der Waals surface area contributed by atoms with Gasteiger partial charge in [0.25, 0.3) is 0 Å². The average Bonchev–Trinajstić information content (AvgIpc) is 2.82. The van der Waals surface area contributed by atoms with Crippen LogP contribution in [0.15, 0.2) is 30.3 Å². The number of hydrogen-bond acceptors (Lipinski definition) is 8. The molecule has 1 rings (SSSR count). The summed E-state index contributed by atoms with van der Waals surface area (Å²) in [5.41, 5.74) is -0.231. The summed E-state index contributed by atoms with van der Waals surface area (Å²) in [6.45, 7) is 4.13. The average molecular weight is 561 g/mol. The van der Waals surface area contributed by atoms with Crippen molar-refractivity contribution >= 4 is 57.3 Å². The molecule has 1 aromatic carbocycles. The lowest BCUT2D eigenvalue weighted by Crippen LogP contribution is -2.43. The normalized spacial score (nSPS) is 13.8. The van der Waals surface area contributed by atoms with Gasteiger partial charge in [-0.15, -0.1) is 0 Å². The van der Waals surface area contributed by atoms with Gasteiger partial charge in [0.15, 0.2) is 0 Å². The molecule has 0 aliphatic rings. The summed E-state index contributed by atoms with van der Waals surface area (Å²) in [6.07, 6.45) is 1.67. The smallest absolute Gasteiger partial charge is 0.407 e. The summed E-state index contributed by atoms with van der Waals surface area (Å²) in [7, 11) is 3.00. The van der Waals surface area contributed by atoms with Crippen LogP contribution in [0.1, 0.15) is 32.8 Å². The van der Waals surface area contributed by atoms with E-state index < -0.39 is 42.0 Å². The summed E-state index contributed by atoms with van der Waals surface area (Å²) in [5.74, 6) is -1.03. The second kappa shape index (κ2) is 16.6. The predicted molar refractivity (Wildman–Crippen MR) is 146 cm³/mol. The van der Waals surface area contributed by atoms with Crippen molar-refractivity contribution < 1.29 is 34.1 Å². The fourth-order valence-corrected chi connectivity index (χ4v) is 5.96. The minimum atomic E-state index is -1.22. The molecule has 0 bridgehead atoms. The fourth-order valence-electron chi connectivity index (χ4n) is 2.83. The number of carbonyl (C=O) groups excluding carboxylic acids is 2. The molecular formula is C24H36N2O7S3. The molecule has 9 nitrogen and oxygen atoms in total. The number of amides is 2. The summed E-state index contributed by atoms with van der Waals surface area (Å²) < 4.78 is 5.32. The minimum Gasteiger partial charge on any atom is -0.481 e. The molecule has 12 heteroatoms. The molecule has 202 valence electrons. The summed E-state index contributed by atoms with van der Waals surface area (Å²) >= 11 is 1.65. The number of thioether (sulfide) groups is 1. The Labute approximate surface area is 224 Å². The quantitative estimate of drug-likeness (QED) is 0.164. The molecule has 0 radical (unpaired) electrons. The van der Waals surface area contributed by atoms with Crippen LogP contribution in [0.25, 0.3) is 0 Å². The third kappa shape index (κ3) is 12.3. The lowest BCUT2D eigenvalue weighted by molar-refractivity contribution is -0.152. The maximum Gasteiger partial charge on any atom is 0.407 e. The van der Waals surface area contributed by atoms with Crippen LogP contribution in [-0.4, -0.2) is 76.4 Å². The molecule has 0 fully saturated rings. The molecule has 3 unspecified atom stereocenters. The van der Waals surface area contributed by atoms with E-state index in [1.807, 2.05) is 36.6 Å². The summed E-state index contributed by atoms with van der Waals surface area (Å²) in [6, 6.07) is 9.33. The third-order valence-electron chi connectivity index (χ3n) is 5.58. The van der Waals surface area contributed by atoms with Gasteiger partial charge in [0, 0.05) is 17.5 Å². The van der Waals surface area contributed by atoms with Crippen molar-refractivity contribution in [3.63, 3.8) is 0 Å². The topological polar surface area (TPSA) is 142 Å². The lowest BCUT2D eigenvalue weighted by Gasteiger charge is -2.28. The van der Waals surface area contributed by atoms with Gasteiger partial charge in [0.05, 0.1) is 11.3 Å². The van der Waals surface area contributed by atoms with Crippen molar-refractivity contribution in [2.75, 3.05) is 30.1 Å². The van der Waals surface area contributed by atoms with Gasteiger partial charge in [-0.25, -0.2) is 4.79 Å². The van der Waals surface area contributed by atoms with Crippen molar-refractivity contribution in [1.29, 1.82) is 0 Å². The molecule has 4 N–H and O–H groups in total. The molecular weight excluding hydrogens is 524 g/mol. The molecule has 2 amide bonds. The van der Waals surface area contributed by atoms with E-state index in [-0.39, 0.29) is 11.9 Å². The van der Waals surface area contributed by atoms with Crippen LogP contribution in [0, 0.1) is 11.3 Å². The molecule has 0 aromatic heterocycles. The van der Waals surface area contributed by atoms with E-state index in [1.165, 1.54) is 35.4 Å². The van der Waals surface area contributed by atoms with Crippen LogP contribution in [0.5, 0.6) is 0 Å². The van der Waals surface area contributed by atoms with E-state index in [0.29, 0.717) is 24.3 Å². The number of carboxylic acid groups (broad SMARTS) is 2. The Hall–Kier alpha value is -2.05. The zero-order chi connectivity index (χ0) is 27.1. The molecule has 1 aromatic rings. The van der Waals surface area contributed by atoms with Crippen LogP contribution in [-0.2, 0) is 25.5 Å². The van der Waals surface area contributed by atoms with E-state index in [4.69, 9.17) is 9.84 Å². The van der Waals surface area contributed by atoms with E-state index in [9.17, 15) is 24.3 Å². The number of aliphatic carboxylic acids is 2. The van der Waals surface area contributed by atoms with Gasteiger partial charge in [-0.1, -0.05) is 51.9 Å². The van der Waals surface area contributed by atoms with Crippen LogP contribution in [0.4, 0.5) is 4.79 Å². The van der Waals surface area contributed by atoms with Crippen molar-refractivity contribution in [1.82, 2.24) is 10.6 Å². The number of alkyl carbamates (subject to hydrolysis) is 1. The van der Waals surface area contributed by atoms with Crippen LogP contribution in [0.3, 0.4) is 0 Å². The maximum absolute atomic E-state index is 12.6. The summed E-state index contributed by atoms with van der Waals surface area (Å²) in [4.78, 5) is 47.2. The first kappa shape index (κ1) is 32.0. The van der Waals surface area contributed by atoms with Gasteiger partial charge in [-0.2, -0.15) is 11.8 Å². The highest BCUT2D eigenvalue weighted by Crippen LogP contribution is 2.28. The first-order valence-corrected chi connectivity index (χ1v) is 15.3. The fraction of sp³-hybridized carbons (Fsp3) is 0.583. The maximum atomic E-state index is 12.6. The number of benzene rings is 1. The standard InChI is InChI=1S/C24H36N2O7S3/c1-16(24(2,3)22(30)31)33-23(32)26-19(10-11-34-4)15-36-35-14-18(21(29)25-13-20(27)28)12-17-8-6-5-7-9-17/h5-9,16,18-19H,10-15H2,1-4H3,(H,25,29)(H,26,32)(H,27,28)(H,30,31). The van der Waals surface area contributed by atoms with Crippen LogP contribution < -0.4 is 10.6 Å². The highest BCUT2D eigenvalue weighted by Gasteiger charge is 2.37. The Balaban J connectivity index is 2.66. The molecule has 3 atom stereocenters. The number of carboxylic acids is 2. The van der Waals surface area contributed by atoms with Gasteiger partial charge in [0.1, 0.15) is 12.6 Å². The first-order chi connectivity index (χ1) is 17.0. The highest BCUT2D eigenvalue weighted by molar-refractivity contribution is 8.76. The third-order valence-corrected chi connectivity index (χ3v) is 8.78. The van der Waals surface area contributed by atoms with Crippen molar-refractivity contribution in [3.8, 4) is 0 Å². The Kier molecular flexibility index (Phi) is 14.8. The Morgan fingerprint density at radius 3 is 2.28 bits per heavy atom. The van der Waals surface area contributed by atoms with Gasteiger partial charge in [0.2, 0.25) is 5.91 Å². The van der Waals surface area contributed by atoms with Gasteiger partial charge in [-0.3, -0.25) is 14.4 Å². The van der Waals surface area contributed by atoms with Crippen LogP contribution in [0.2, 0.25) is 0 Å². The first-order valence-electron chi connectivity index (χ1n) is 11.4. The van der Waals surface area contributed by atoms with Gasteiger partial charge >= 0.3 is 18.0 Å². The Morgan fingerprint density at radius 1 is 1.06 bits per heavy atom. The largest absolute Gasteiger partial charge is 0.481 e. The van der Waals surface area contributed by atoms with E-state index >= 15 is 0 Å². The number of hydrogen-bond donors (Lipinski definition) is 4. The van der Waals surface area contributed by atoms with E-state index in [0.717, 1.165) is 11.3 Å². The number of carbonyl (C=O) groups is 4. The van der Waals surface area contributed by atoms with Crippen molar-refractivity contribution in [2.45, 2.75) is 45.8 Å². The molecule has 0 saturated heterocycles. The lowest BCUT2D eigenvalue weighted by atomic mass is 9.88. The Morgan fingerprint density at radius 2 is 1.69 bits per heavy atom. The van der Waals surface area contributed by atoms with Crippen molar-refractivity contribution in [2.24, 2.45) is 11.3 Å². The molecule has 0 spiro atoms. The number of nitrogens with one attached hydrogen (secondary N) is 2. The SMILES string of the molecule is CSCCC(CSSCC(Cc1ccccc1)C(=O)NCC(=O)O)NC(=O)OC(C)C(C)(C)C(=O)O. The van der Waals surface area contributed by atoms with E-state index in [2.05, 4.69) is 10.6 Å². The van der Waals surface area contributed by atoms with Crippen molar-refractivity contribution in [3.05, 3.63) is 35.9 Å². The Bertz CT molecular complexity index is 855. The second-order valence-corrected chi connectivity index (χ2v) is 12.3. The molecule has 0 aliphatic carbocycles. The van der Waals surface area contributed by atoms with Gasteiger partial charge < -0.3 is 25.6 Å². The monoisotopic (exact) mass is 560 g/mol. The molecule has 0 saturated carbocycles. The van der Waals surface area contributed by atoms with E-state index in [1.54, 1.807) is 18.7 Å². The summed E-state index contributed by atoms with van der Waals surface area (Å²) in [5, 5.41) is 23.5. The van der Waals surface area contributed by atoms with Gasteiger partial charge in [-0.05, 0) is 51.2 Å². The zero-order valence-corrected chi connectivity index (χ0v) is 23.5. The second-order valence-electron chi connectivity index (χ2n) is 8.76. The number of rotatable bonds is 17. The molecule has 0 aliphatic heterocycles. The zero-order valence-electron chi connectivity index (χ0n) is 21.0. The minimum absolute atomic E-state index is 0.198. The molecule has 36 heavy (non-hydrogen) atoms.